The van der Waals surface area contributed by atoms with Crippen LogP contribution in [0.4, 0.5) is 0 Å². The van der Waals surface area contributed by atoms with Crippen molar-refractivity contribution in [3.8, 4) is 0 Å². The highest BCUT2D eigenvalue weighted by atomic mass is 16.1. The topological polar surface area (TPSA) is 17.1 Å². The number of allylic oxidation sites excluding steroid dienone is 5. The summed E-state index contributed by atoms with van der Waals surface area (Å²) in [5, 5.41) is 0. The highest BCUT2D eigenvalue weighted by Crippen LogP contribution is 2.16. The number of hydrogen-bond donors (Lipinski definition) is 0. The molecule has 1 nitrogen and oxygen atoms in total. The molecule has 1 aromatic rings. The molecule has 80 valence electrons. The molecule has 1 heteroatoms. The molecule has 0 radical (unpaired) electrons. The number of ketones is 1. The maximum atomic E-state index is 11.6. The highest BCUT2D eigenvalue weighted by molar-refractivity contribution is 5.96. The van der Waals surface area contributed by atoms with Gasteiger partial charge in [0.1, 0.15) is 0 Å². The van der Waals surface area contributed by atoms with Crippen LogP contribution in [0.15, 0.2) is 60.2 Å². The van der Waals surface area contributed by atoms with Gasteiger partial charge in [0.25, 0.3) is 0 Å². The predicted molar refractivity (Wildman–Crippen MR) is 66.9 cm³/mol. The van der Waals surface area contributed by atoms with E-state index in [0.29, 0.717) is 0 Å². The Hall–Kier alpha value is -1.89. The lowest BCUT2D eigenvalue weighted by Gasteiger charge is -2.09. The van der Waals surface area contributed by atoms with E-state index in [1.54, 1.807) is 6.08 Å². The number of rotatable bonds is 2. The zero-order chi connectivity index (χ0) is 11.4. The van der Waals surface area contributed by atoms with Crippen molar-refractivity contribution in [1.29, 1.82) is 0 Å². The van der Waals surface area contributed by atoms with Gasteiger partial charge < -0.3 is 0 Å². The third-order valence-corrected chi connectivity index (χ3v) is 2.58. The van der Waals surface area contributed by atoms with Gasteiger partial charge in [0.2, 0.25) is 0 Å². The van der Waals surface area contributed by atoms with Gasteiger partial charge >= 0.3 is 0 Å². The molecule has 0 N–H and O–H groups in total. The average Bonchev–Trinajstić information content (AvgIpc) is 2.32. The standard InChI is InChI=1S/C15H14O/c1-12-7-10-15(16)14(11-12)9-8-13-5-3-2-4-6-13/h2-11,14H,1H3. The Kier molecular flexibility index (Phi) is 3.16. The Morgan fingerprint density at radius 3 is 2.62 bits per heavy atom. The molecule has 1 aliphatic rings. The molecule has 1 unspecified atom stereocenters. The van der Waals surface area contributed by atoms with Crippen molar-refractivity contribution in [3.63, 3.8) is 0 Å². The van der Waals surface area contributed by atoms with E-state index in [9.17, 15) is 4.79 Å². The highest BCUT2D eigenvalue weighted by Gasteiger charge is 2.12. The Bertz CT molecular complexity index is 463. The largest absolute Gasteiger partial charge is 0.294 e. The maximum Gasteiger partial charge on any atom is 0.166 e. The zero-order valence-electron chi connectivity index (χ0n) is 9.26. The number of hydrogen-bond acceptors (Lipinski definition) is 1. The summed E-state index contributed by atoms with van der Waals surface area (Å²) in [7, 11) is 0. The Balaban J connectivity index is 2.13. The molecular weight excluding hydrogens is 196 g/mol. The van der Waals surface area contributed by atoms with Crippen molar-refractivity contribution in [2.45, 2.75) is 6.92 Å². The minimum Gasteiger partial charge on any atom is -0.294 e. The van der Waals surface area contributed by atoms with Crippen LogP contribution in [0, 0.1) is 5.92 Å². The maximum absolute atomic E-state index is 11.6. The monoisotopic (exact) mass is 210 g/mol. The minimum atomic E-state index is -0.106. The Morgan fingerprint density at radius 1 is 1.12 bits per heavy atom. The summed E-state index contributed by atoms with van der Waals surface area (Å²) in [4.78, 5) is 11.6. The number of benzene rings is 1. The molecule has 0 aliphatic heterocycles. The molecule has 0 fully saturated rings. The SMILES string of the molecule is CC1=CC(C=Cc2ccccc2)C(=O)C=C1. The van der Waals surface area contributed by atoms with Crippen LogP contribution < -0.4 is 0 Å². The molecule has 1 aliphatic carbocycles. The smallest absolute Gasteiger partial charge is 0.166 e. The molecule has 0 heterocycles. The van der Waals surface area contributed by atoms with Crippen LogP contribution in [-0.2, 0) is 4.79 Å². The second-order valence-electron chi connectivity index (χ2n) is 3.94. The van der Waals surface area contributed by atoms with Crippen LogP contribution in [0.5, 0.6) is 0 Å². The predicted octanol–water partition coefficient (Wildman–Crippen LogP) is 3.40. The fourth-order valence-electron chi connectivity index (χ4n) is 1.67. The lowest BCUT2D eigenvalue weighted by Crippen LogP contribution is -2.09. The fourth-order valence-corrected chi connectivity index (χ4v) is 1.67. The van der Waals surface area contributed by atoms with E-state index < -0.39 is 0 Å². The molecule has 0 saturated carbocycles. The van der Waals surface area contributed by atoms with Crippen LogP contribution in [0.25, 0.3) is 6.08 Å². The third-order valence-electron chi connectivity index (χ3n) is 2.58. The summed E-state index contributed by atoms with van der Waals surface area (Å²) in [6.45, 7) is 2.01. The lowest BCUT2D eigenvalue weighted by atomic mass is 9.94. The summed E-state index contributed by atoms with van der Waals surface area (Å²) in [5.41, 5.74) is 2.26. The Labute approximate surface area is 95.8 Å². The Morgan fingerprint density at radius 2 is 1.88 bits per heavy atom. The van der Waals surface area contributed by atoms with Gasteiger partial charge in [-0.05, 0) is 18.6 Å². The first-order chi connectivity index (χ1) is 7.75. The van der Waals surface area contributed by atoms with Crippen molar-refractivity contribution in [3.05, 3.63) is 65.8 Å². The molecule has 16 heavy (non-hydrogen) atoms. The summed E-state index contributed by atoms with van der Waals surface area (Å²) in [6, 6.07) is 10.0. The van der Waals surface area contributed by atoms with Crippen LogP contribution in [0.3, 0.4) is 0 Å². The third kappa shape index (κ3) is 2.57. The zero-order valence-corrected chi connectivity index (χ0v) is 9.26. The summed E-state index contributed by atoms with van der Waals surface area (Å²) >= 11 is 0. The van der Waals surface area contributed by atoms with Gasteiger partial charge in [-0.3, -0.25) is 4.79 Å². The van der Waals surface area contributed by atoms with Crippen molar-refractivity contribution in [2.24, 2.45) is 5.92 Å². The number of carbonyl (C=O) groups excluding carboxylic acids is 1. The molecule has 0 aromatic heterocycles. The van der Waals surface area contributed by atoms with Gasteiger partial charge in [-0.25, -0.2) is 0 Å². The van der Waals surface area contributed by atoms with Crippen LogP contribution >= 0.6 is 0 Å². The van der Waals surface area contributed by atoms with Gasteiger partial charge in [-0.2, -0.15) is 0 Å². The summed E-state index contributed by atoms with van der Waals surface area (Å²) < 4.78 is 0. The first-order valence-electron chi connectivity index (χ1n) is 5.39. The van der Waals surface area contributed by atoms with Crippen LogP contribution in [0.1, 0.15) is 12.5 Å². The molecule has 1 atom stereocenters. The second kappa shape index (κ2) is 4.75. The molecule has 0 amide bonds. The van der Waals surface area contributed by atoms with Crippen molar-refractivity contribution in [1.82, 2.24) is 0 Å². The van der Waals surface area contributed by atoms with E-state index in [1.807, 2.05) is 61.6 Å². The van der Waals surface area contributed by atoms with E-state index in [4.69, 9.17) is 0 Å². The van der Waals surface area contributed by atoms with Crippen molar-refractivity contribution >= 4 is 11.9 Å². The van der Waals surface area contributed by atoms with Crippen LogP contribution in [0.2, 0.25) is 0 Å². The second-order valence-corrected chi connectivity index (χ2v) is 3.94. The number of carbonyl (C=O) groups is 1. The van der Waals surface area contributed by atoms with Gasteiger partial charge in [-0.15, -0.1) is 0 Å². The van der Waals surface area contributed by atoms with Gasteiger partial charge in [0.05, 0.1) is 5.92 Å². The average molecular weight is 210 g/mol. The van der Waals surface area contributed by atoms with Gasteiger partial charge in [0, 0.05) is 0 Å². The van der Waals surface area contributed by atoms with Crippen molar-refractivity contribution in [2.75, 3.05) is 0 Å². The van der Waals surface area contributed by atoms with Gasteiger partial charge in [-0.1, -0.05) is 60.2 Å². The van der Waals surface area contributed by atoms with E-state index in [0.717, 1.165) is 11.1 Å². The lowest BCUT2D eigenvalue weighted by molar-refractivity contribution is -0.115. The first kappa shape index (κ1) is 10.6. The molecule has 2 rings (SSSR count). The fraction of sp³-hybridized carbons (Fsp3) is 0.133. The van der Waals surface area contributed by atoms with E-state index in [2.05, 4.69) is 0 Å². The molecule has 0 bridgehead atoms. The van der Waals surface area contributed by atoms with E-state index in [1.165, 1.54) is 0 Å². The van der Waals surface area contributed by atoms with Crippen LogP contribution in [-0.4, -0.2) is 5.78 Å². The molecule has 0 spiro atoms. The molecule has 1 aromatic carbocycles. The van der Waals surface area contributed by atoms with E-state index in [-0.39, 0.29) is 11.7 Å². The first-order valence-corrected chi connectivity index (χ1v) is 5.39. The van der Waals surface area contributed by atoms with Crippen molar-refractivity contribution < 1.29 is 4.79 Å². The summed E-state index contributed by atoms with van der Waals surface area (Å²) in [6.07, 6.45) is 9.43. The van der Waals surface area contributed by atoms with E-state index >= 15 is 0 Å². The van der Waals surface area contributed by atoms with Gasteiger partial charge in [0.15, 0.2) is 5.78 Å². The summed E-state index contributed by atoms with van der Waals surface area (Å²) in [5.74, 6) is 0.0444. The molecular formula is C15H14O. The minimum absolute atomic E-state index is 0.106. The quantitative estimate of drug-likeness (QED) is 0.731. The molecule has 0 saturated heterocycles. The normalized spacial score (nSPS) is 20.2.